The molecule has 3 fully saturated rings. The van der Waals surface area contributed by atoms with Crippen LogP contribution >= 0.6 is 0 Å². The summed E-state index contributed by atoms with van der Waals surface area (Å²) in [6.45, 7) is 19.8. The highest BCUT2D eigenvalue weighted by atomic mass is 16.7. The lowest BCUT2D eigenvalue weighted by atomic mass is 9.73. The molecule has 0 amide bonds. The van der Waals surface area contributed by atoms with Crippen LogP contribution in [0.1, 0.15) is 107 Å². The Hall–Kier alpha value is -2.57. The SMILES string of the molecule is CC[C@H]1OC(=O)[C@H](C)[C@@H](O[C@H]2C[C@@](C)(OC)[C@@H](OC(C)=O)[C@H](C)O2)[C@H](C)[C@@H](O[C@@H]2O[C@H](C)C[C@@H](N(C)CCc3ccccc3)[C@@H]2N(C)C)[C@@](C)(OC)C[C@@H](C)C(=O)[C@H](C)[C@@H](O)[C@]1(C)O. The van der Waals surface area contributed by atoms with Gasteiger partial charge in [0.2, 0.25) is 0 Å². The standard InChI is InChI=1S/C49H82N2O13/c1-17-37-49(11,56)42(54)30(4)40(53)28(2)26-47(9,57-15)43(64-46-39(50(12)13)36(25-29(3)59-46)51(14)24-23-35-21-19-18-20-22-35)31(5)41(32(6)45(55)62-37)63-38-27-48(10,58-16)44(33(7)60-38)61-34(8)52/h18-22,28-33,36-39,41-44,46,54,56H,17,23-27H2,1-16H3/t28-,29-,30+,31+,32-,33+,36-,37-,38+,39+,41+,42-,43-,44+,46+,47+,48-,49-/m1/s1. The maximum Gasteiger partial charge on any atom is 0.311 e. The molecule has 0 saturated carbocycles. The molecule has 3 heterocycles. The fourth-order valence-corrected chi connectivity index (χ4v) is 10.6. The molecular weight excluding hydrogens is 825 g/mol. The molecule has 0 radical (unpaired) electrons. The second-order valence-corrected chi connectivity index (χ2v) is 19.9. The molecule has 2 N–H and O–H groups in total. The topological polar surface area (TPSA) is 172 Å². The van der Waals surface area contributed by atoms with Crippen LogP contribution in [0.5, 0.6) is 0 Å². The van der Waals surface area contributed by atoms with Crippen LogP contribution in [0.4, 0.5) is 0 Å². The third kappa shape index (κ3) is 12.3. The van der Waals surface area contributed by atoms with Crippen LogP contribution in [0.15, 0.2) is 30.3 Å². The Balaban J connectivity index is 1.86. The van der Waals surface area contributed by atoms with E-state index in [9.17, 15) is 24.6 Å². The lowest BCUT2D eigenvalue weighted by Crippen LogP contribution is -2.64. The molecule has 366 valence electrons. The fraction of sp³-hybridized carbons (Fsp3) is 0.816. The number of ketones is 1. The molecule has 3 saturated heterocycles. The predicted octanol–water partition coefficient (Wildman–Crippen LogP) is 5.19. The van der Waals surface area contributed by atoms with E-state index in [4.69, 9.17) is 37.9 Å². The maximum absolute atomic E-state index is 14.6. The molecule has 0 spiro atoms. The van der Waals surface area contributed by atoms with E-state index < -0.39 is 102 Å². The summed E-state index contributed by atoms with van der Waals surface area (Å²) in [5, 5.41) is 23.5. The van der Waals surface area contributed by atoms with Gasteiger partial charge in [-0.1, -0.05) is 58.0 Å². The average molecular weight is 907 g/mol. The Morgan fingerprint density at radius 3 is 2.05 bits per heavy atom. The second kappa shape index (κ2) is 22.5. The van der Waals surface area contributed by atoms with Crippen LogP contribution in [0.25, 0.3) is 0 Å². The Bertz CT molecular complexity index is 1670. The number of carbonyl (C=O) groups excluding carboxylic acids is 3. The van der Waals surface area contributed by atoms with Gasteiger partial charge in [-0.05, 0) is 93.9 Å². The van der Waals surface area contributed by atoms with Gasteiger partial charge in [0.1, 0.15) is 23.1 Å². The number of Topliss-reactive ketones (excluding diaryl/α,β-unsaturated/α-hetero) is 1. The van der Waals surface area contributed by atoms with Crippen LogP contribution in [0.2, 0.25) is 0 Å². The van der Waals surface area contributed by atoms with Gasteiger partial charge >= 0.3 is 11.9 Å². The summed E-state index contributed by atoms with van der Waals surface area (Å²) in [5.41, 5.74) is -2.98. The molecule has 0 aromatic heterocycles. The van der Waals surface area contributed by atoms with E-state index in [1.807, 2.05) is 47.9 Å². The first-order valence-corrected chi connectivity index (χ1v) is 23.3. The molecule has 15 nitrogen and oxygen atoms in total. The van der Waals surface area contributed by atoms with Crippen molar-refractivity contribution in [3.8, 4) is 0 Å². The molecule has 15 heteroatoms. The minimum Gasteiger partial charge on any atom is -0.459 e. The highest BCUT2D eigenvalue weighted by molar-refractivity contribution is 5.83. The normalized spacial score (nSPS) is 42.0. The maximum atomic E-state index is 14.6. The molecule has 18 atom stereocenters. The number of carbonyl (C=O) groups is 3. The number of hydrogen-bond donors (Lipinski definition) is 2. The second-order valence-electron chi connectivity index (χ2n) is 19.9. The molecule has 1 aromatic rings. The summed E-state index contributed by atoms with van der Waals surface area (Å²) in [6, 6.07) is 10.2. The highest BCUT2D eigenvalue weighted by Crippen LogP contribution is 2.42. The van der Waals surface area contributed by atoms with Crippen LogP contribution in [-0.4, -0.2) is 164 Å². The smallest absolute Gasteiger partial charge is 0.311 e. The van der Waals surface area contributed by atoms with Gasteiger partial charge in [-0.3, -0.25) is 14.4 Å². The van der Waals surface area contributed by atoms with Gasteiger partial charge < -0.3 is 57.9 Å². The van der Waals surface area contributed by atoms with Crippen LogP contribution in [-0.2, 0) is 58.7 Å². The van der Waals surface area contributed by atoms with Crippen molar-refractivity contribution in [1.82, 2.24) is 9.80 Å². The number of methoxy groups -OCH3 is 2. The van der Waals surface area contributed by atoms with E-state index in [1.165, 1.54) is 26.5 Å². The van der Waals surface area contributed by atoms with Crippen molar-refractivity contribution >= 4 is 17.7 Å². The molecular formula is C49H82N2O13. The van der Waals surface area contributed by atoms with E-state index >= 15 is 0 Å². The van der Waals surface area contributed by atoms with Crippen molar-refractivity contribution < 1.29 is 62.5 Å². The van der Waals surface area contributed by atoms with Crippen LogP contribution < -0.4 is 0 Å². The predicted molar refractivity (Wildman–Crippen MR) is 241 cm³/mol. The Morgan fingerprint density at radius 1 is 0.875 bits per heavy atom. The Labute approximate surface area is 383 Å². The summed E-state index contributed by atoms with van der Waals surface area (Å²) in [4.78, 5) is 45.6. The van der Waals surface area contributed by atoms with Gasteiger partial charge in [-0.2, -0.15) is 0 Å². The molecule has 64 heavy (non-hydrogen) atoms. The summed E-state index contributed by atoms with van der Waals surface area (Å²) >= 11 is 0. The molecule has 4 rings (SSSR count). The van der Waals surface area contributed by atoms with Crippen molar-refractivity contribution in [1.29, 1.82) is 0 Å². The van der Waals surface area contributed by atoms with Gasteiger partial charge in [0.15, 0.2) is 18.7 Å². The van der Waals surface area contributed by atoms with Gasteiger partial charge in [-0.15, -0.1) is 0 Å². The quantitative estimate of drug-likeness (QED) is 0.248. The molecule has 3 aliphatic rings. The van der Waals surface area contributed by atoms with E-state index in [-0.39, 0.29) is 43.2 Å². The van der Waals surface area contributed by atoms with Crippen molar-refractivity contribution in [3.05, 3.63) is 35.9 Å². The number of aliphatic hydroxyl groups is 2. The number of hydrogen-bond acceptors (Lipinski definition) is 15. The zero-order valence-electron chi connectivity index (χ0n) is 41.6. The highest BCUT2D eigenvalue weighted by Gasteiger charge is 2.55. The lowest BCUT2D eigenvalue weighted by molar-refractivity contribution is -0.315. The summed E-state index contributed by atoms with van der Waals surface area (Å²) < 4.78 is 51.9. The van der Waals surface area contributed by atoms with Crippen LogP contribution in [0.3, 0.4) is 0 Å². The molecule has 3 aliphatic heterocycles. The minimum absolute atomic E-state index is 0.0200. The lowest BCUT2D eigenvalue weighted by Gasteiger charge is -2.52. The number of aliphatic hydroxyl groups excluding tert-OH is 1. The van der Waals surface area contributed by atoms with Crippen molar-refractivity contribution in [2.24, 2.45) is 23.7 Å². The first-order valence-electron chi connectivity index (χ1n) is 23.3. The minimum atomic E-state index is -1.98. The monoisotopic (exact) mass is 907 g/mol. The number of likely N-dealkylation sites (N-methyl/N-ethyl adjacent to an activating group) is 2. The third-order valence-electron chi connectivity index (χ3n) is 14.6. The van der Waals surface area contributed by atoms with Crippen LogP contribution in [0, 0.1) is 23.7 Å². The van der Waals surface area contributed by atoms with E-state index in [0.29, 0.717) is 0 Å². The number of rotatable bonds is 13. The van der Waals surface area contributed by atoms with Gasteiger partial charge in [-0.25, -0.2) is 0 Å². The van der Waals surface area contributed by atoms with Crippen molar-refractivity contribution in [2.45, 2.75) is 192 Å². The van der Waals surface area contributed by atoms with E-state index in [2.05, 4.69) is 41.1 Å². The first-order chi connectivity index (χ1) is 29.8. The van der Waals surface area contributed by atoms with Gasteiger partial charge in [0.25, 0.3) is 0 Å². The largest absolute Gasteiger partial charge is 0.459 e. The average Bonchev–Trinajstić information content (AvgIpc) is 3.24. The van der Waals surface area contributed by atoms with E-state index in [1.54, 1.807) is 41.7 Å². The zero-order valence-corrected chi connectivity index (χ0v) is 41.6. The van der Waals surface area contributed by atoms with Gasteiger partial charge in [0, 0.05) is 57.9 Å². The number of nitrogens with zero attached hydrogens (tertiary/aromatic N) is 2. The fourth-order valence-electron chi connectivity index (χ4n) is 10.6. The summed E-state index contributed by atoms with van der Waals surface area (Å²) in [7, 11) is 9.27. The third-order valence-corrected chi connectivity index (χ3v) is 14.6. The number of cyclic esters (lactones) is 1. The molecule has 0 aliphatic carbocycles. The number of benzene rings is 1. The number of ether oxygens (including phenoxy) is 8. The Morgan fingerprint density at radius 2 is 1.48 bits per heavy atom. The Kier molecular flexibility index (Phi) is 19.0. The van der Waals surface area contributed by atoms with Gasteiger partial charge in [0.05, 0.1) is 48.1 Å². The molecule has 0 unspecified atom stereocenters. The molecule has 0 bridgehead atoms. The molecule has 1 aromatic carbocycles. The first kappa shape index (κ1) is 54.0. The van der Waals surface area contributed by atoms with Crippen molar-refractivity contribution in [2.75, 3.05) is 41.9 Å². The summed E-state index contributed by atoms with van der Waals surface area (Å²) in [6.07, 6.45) is -5.93. The number of esters is 2. The summed E-state index contributed by atoms with van der Waals surface area (Å²) in [5.74, 6) is -4.84. The van der Waals surface area contributed by atoms with E-state index in [0.717, 1.165) is 19.4 Å². The van der Waals surface area contributed by atoms with Crippen molar-refractivity contribution in [3.63, 3.8) is 0 Å². The zero-order chi connectivity index (χ0) is 48.1.